The van der Waals surface area contributed by atoms with Crippen LogP contribution in [-0.4, -0.2) is 30.3 Å². The third kappa shape index (κ3) is 4.07. The van der Waals surface area contributed by atoms with Crippen LogP contribution in [0, 0.1) is 6.92 Å². The first-order valence-electron chi connectivity index (χ1n) is 8.83. The maximum atomic E-state index is 10.3. The molecule has 0 aliphatic carbocycles. The molecule has 1 aliphatic heterocycles. The summed E-state index contributed by atoms with van der Waals surface area (Å²) in [6.45, 7) is 9.10. The Morgan fingerprint density at radius 3 is 2.48 bits per heavy atom. The van der Waals surface area contributed by atoms with Crippen LogP contribution in [-0.2, 0) is 13.1 Å². The number of hydrogen-bond donors (Lipinski definition) is 1. The quantitative estimate of drug-likeness (QED) is 0.884. The molecule has 134 valence electrons. The van der Waals surface area contributed by atoms with Gasteiger partial charge in [0.05, 0.1) is 0 Å². The van der Waals surface area contributed by atoms with Crippen molar-refractivity contribution >= 4 is 0 Å². The first kappa shape index (κ1) is 17.6. The topological polar surface area (TPSA) is 41.9 Å². The molecule has 0 saturated carbocycles. The normalized spacial score (nSPS) is 13.5. The monoisotopic (exact) mass is 341 g/mol. The highest BCUT2D eigenvalue weighted by Crippen LogP contribution is 2.32. The van der Waals surface area contributed by atoms with Crippen molar-refractivity contribution in [1.29, 1.82) is 0 Å². The van der Waals surface area contributed by atoms with E-state index in [2.05, 4.69) is 44.9 Å². The van der Waals surface area contributed by atoms with Gasteiger partial charge in [0.1, 0.15) is 19.0 Å². The van der Waals surface area contributed by atoms with Gasteiger partial charge < -0.3 is 14.6 Å². The number of fused-ring (bicyclic) bond motifs is 1. The van der Waals surface area contributed by atoms with E-state index < -0.39 is 0 Å². The van der Waals surface area contributed by atoms with E-state index in [0.29, 0.717) is 31.4 Å². The Morgan fingerprint density at radius 2 is 1.76 bits per heavy atom. The molecule has 1 aliphatic rings. The van der Waals surface area contributed by atoms with Crippen LogP contribution in [0.5, 0.6) is 17.2 Å². The van der Waals surface area contributed by atoms with E-state index in [9.17, 15) is 5.11 Å². The minimum atomic E-state index is 0.371. The largest absolute Gasteiger partial charge is 0.508 e. The third-order valence-corrected chi connectivity index (χ3v) is 4.59. The van der Waals surface area contributed by atoms with Crippen LogP contribution in [0.1, 0.15) is 42.0 Å². The van der Waals surface area contributed by atoms with Crippen molar-refractivity contribution in [1.82, 2.24) is 4.90 Å². The summed E-state index contributed by atoms with van der Waals surface area (Å²) in [6, 6.07) is 10.1. The molecule has 1 N–H and O–H groups in total. The summed E-state index contributed by atoms with van der Waals surface area (Å²) in [5, 5.41) is 10.3. The fourth-order valence-electron chi connectivity index (χ4n) is 3.35. The van der Waals surface area contributed by atoms with Gasteiger partial charge in [0.25, 0.3) is 0 Å². The van der Waals surface area contributed by atoms with Crippen LogP contribution in [0.25, 0.3) is 0 Å². The summed E-state index contributed by atoms with van der Waals surface area (Å²) >= 11 is 0. The molecule has 4 heteroatoms. The molecule has 4 nitrogen and oxygen atoms in total. The van der Waals surface area contributed by atoms with Gasteiger partial charge in [0.15, 0.2) is 11.5 Å². The Hall–Kier alpha value is -2.20. The Bertz CT molecular complexity index is 755. The number of aromatic hydroxyl groups is 1. The van der Waals surface area contributed by atoms with Crippen LogP contribution in [0.2, 0.25) is 0 Å². The van der Waals surface area contributed by atoms with E-state index >= 15 is 0 Å². The van der Waals surface area contributed by atoms with Gasteiger partial charge in [-0.25, -0.2) is 0 Å². The van der Waals surface area contributed by atoms with Crippen LogP contribution in [0.4, 0.5) is 0 Å². The molecule has 25 heavy (non-hydrogen) atoms. The average Bonchev–Trinajstić information content (AvgIpc) is 2.57. The zero-order valence-electron chi connectivity index (χ0n) is 15.5. The lowest BCUT2D eigenvalue weighted by molar-refractivity contribution is 0.171. The number of ether oxygens (including phenoxy) is 2. The molecule has 1 heterocycles. The molecule has 3 rings (SSSR count). The highest BCUT2D eigenvalue weighted by molar-refractivity contribution is 5.44. The summed E-state index contributed by atoms with van der Waals surface area (Å²) < 4.78 is 11.2. The zero-order chi connectivity index (χ0) is 18.0. The van der Waals surface area contributed by atoms with Crippen molar-refractivity contribution in [2.24, 2.45) is 0 Å². The lowest BCUT2D eigenvalue weighted by atomic mass is 9.95. The maximum Gasteiger partial charge on any atom is 0.161 e. The zero-order valence-corrected chi connectivity index (χ0v) is 15.5. The van der Waals surface area contributed by atoms with E-state index in [1.807, 2.05) is 18.2 Å². The summed E-state index contributed by atoms with van der Waals surface area (Å²) in [5.74, 6) is 2.45. The summed E-state index contributed by atoms with van der Waals surface area (Å²) in [6.07, 6.45) is 0. The molecule has 0 saturated heterocycles. The Kier molecular flexibility index (Phi) is 5.19. The molecule has 0 fully saturated rings. The standard InChI is InChI=1S/C21H27NO3/c1-14(2)18-11-17(19(23)9-15(18)3)13-22(4)12-16-5-6-20-21(10-16)25-8-7-24-20/h5-6,9-11,14,23H,7-8,12-13H2,1-4H3. The Balaban J connectivity index is 1.72. The van der Waals surface area contributed by atoms with Crippen LogP contribution in [0.15, 0.2) is 30.3 Å². The van der Waals surface area contributed by atoms with Crippen molar-refractivity contribution in [3.05, 3.63) is 52.6 Å². The van der Waals surface area contributed by atoms with Gasteiger partial charge in [-0.05, 0) is 54.8 Å². The first-order valence-corrected chi connectivity index (χ1v) is 8.83. The average molecular weight is 341 g/mol. The van der Waals surface area contributed by atoms with Gasteiger partial charge in [-0.15, -0.1) is 0 Å². The van der Waals surface area contributed by atoms with Gasteiger partial charge in [-0.3, -0.25) is 4.90 Å². The molecular formula is C21H27NO3. The lowest BCUT2D eigenvalue weighted by Gasteiger charge is -2.22. The van der Waals surface area contributed by atoms with Crippen molar-refractivity contribution in [3.8, 4) is 17.2 Å². The van der Waals surface area contributed by atoms with E-state index in [1.165, 1.54) is 11.1 Å². The fourth-order valence-corrected chi connectivity index (χ4v) is 3.35. The van der Waals surface area contributed by atoms with Crippen LogP contribution < -0.4 is 9.47 Å². The second-order valence-electron chi connectivity index (χ2n) is 7.14. The third-order valence-electron chi connectivity index (χ3n) is 4.59. The van der Waals surface area contributed by atoms with Crippen molar-refractivity contribution in [2.75, 3.05) is 20.3 Å². The summed E-state index contributed by atoms with van der Waals surface area (Å²) in [4.78, 5) is 2.19. The molecule has 0 unspecified atom stereocenters. The smallest absolute Gasteiger partial charge is 0.161 e. The molecule has 0 radical (unpaired) electrons. The number of benzene rings is 2. The highest BCUT2D eigenvalue weighted by atomic mass is 16.6. The predicted molar refractivity (Wildman–Crippen MR) is 99.5 cm³/mol. The molecule has 0 bridgehead atoms. The van der Waals surface area contributed by atoms with Gasteiger partial charge in [-0.1, -0.05) is 26.0 Å². The van der Waals surface area contributed by atoms with E-state index in [1.54, 1.807) is 0 Å². The molecule has 0 atom stereocenters. The number of nitrogens with zero attached hydrogens (tertiary/aromatic N) is 1. The SMILES string of the molecule is Cc1cc(O)c(CN(C)Cc2ccc3c(c2)OCCO3)cc1C(C)C. The maximum absolute atomic E-state index is 10.3. The number of aryl methyl sites for hydroxylation is 1. The van der Waals surface area contributed by atoms with E-state index in [4.69, 9.17) is 9.47 Å². The molecule has 2 aromatic carbocycles. The molecular weight excluding hydrogens is 314 g/mol. The number of rotatable bonds is 5. The van der Waals surface area contributed by atoms with Crippen molar-refractivity contribution in [3.63, 3.8) is 0 Å². The second-order valence-corrected chi connectivity index (χ2v) is 7.14. The number of phenols is 1. The minimum absolute atomic E-state index is 0.371. The number of hydrogen-bond acceptors (Lipinski definition) is 4. The predicted octanol–water partition coefficient (Wildman–Crippen LogP) is 4.23. The number of phenolic OH excluding ortho intramolecular Hbond substituents is 1. The Morgan fingerprint density at radius 1 is 1.04 bits per heavy atom. The molecule has 0 spiro atoms. The second kappa shape index (κ2) is 7.36. The summed E-state index contributed by atoms with van der Waals surface area (Å²) in [7, 11) is 2.06. The van der Waals surface area contributed by atoms with Gasteiger partial charge >= 0.3 is 0 Å². The van der Waals surface area contributed by atoms with Crippen molar-refractivity contribution < 1.29 is 14.6 Å². The van der Waals surface area contributed by atoms with Gasteiger partial charge in [-0.2, -0.15) is 0 Å². The Labute approximate surface area is 150 Å². The summed E-state index contributed by atoms with van der Waals surface area (Å²) in [5.41, 5.74) is 4.57. The molecule has 0 amide bonds. The lowest BCUT2D eigenvalue weighted by Crippen LogP contribution is -2.19. The fraction of sp³-hybridized carbons (Fsp3) is 0.429. The minimum Gasteiger partial charge on any atom is -0.508 e. The van der Waals surface area contributed by atoms with E-state index in [-0.39, 0.29) is 0 Å². The van der Waals surface area contributed by atoms with Gasteiger partial charge in [0.2, 0.25) is 0 Å². The van der Waals surface area contributed by atoms with Crippen LogP contribution in [0.3, 0.4) is 0 Å². The van der Waals surface area contributed by atoms with E-state index in [0.717, 1.165) is 29.2 Å². The first-order chi connectivity index (χ1) is 11.9. The van der Waals surface area contributed by atoms with Gasteiger partial charge in [0, 0.05) is 18.7 Å². The molecule has 0 aromatic heterocycles. The highest BCUT2D eigenvalue weighted by Gasteiger charge is 2.14. The van der Waals surface area contributed by atoms with Crippen LogP contribution >= 0.6 is 0 Å². The molecule has 2 aromatic rings. The van der Waals surface area contributed by atoms with Crippen molar-refractivity contribution in [2.45, 2.75) is 39.8 Å².